The lowest BCUT2D eigenvalue weighted by atomic mass is 9.78. The minimum absolute atomic E-state index is 0. The topological polar surface area (TPSA) is 23.6 Å². The number of carbonyl (C=O) groups excluding carboxylic acids is 1. The van der Waals surface area contributed by atoms with Crippen molar-refractivity contribution in [3.8, 4) is 0 Å². The van der Waals surface area contributed by atoms with Crippen LogP contribution < -0.4 is 4.90 Å². The molecular formula is C21H25ClN2O. The van der Waals surface area contributed by atoms with E-state index in [1.807, 2.05) is 35.2 Å². The van der Waals surface area contributed by atoms with Crippen molar-refractivity contribution < 1.29 is 4.79 Å². The van der Waals surface area contributed by atoms with Gasteiger partial charge in [-0.1, -0.05) is 48.5 Å². The van der Waals surface area contributed by atoms with Gasteiger partial charge in [0.05, 0.1) is 5.41 Å². The zero-order valence-electron chi connectivity index (χ0n) is 14.4. The molecule has 2 saturated heterocycles. The summed E-state index contributed by atoms with van der Waals surface area (Å²) in [5.74, 6) is 0.325. The first-order valence-corrected chi connectivity index (χ1v) is 8.90. The maximum Gasteiger partial charge on any atom is 0.234 e. The lowest BCUT2D eigenvalue weighted by Gasteiger charge is -2.39. The van der Waals surface area contributed by atoms with E-state index in [0.29, 0.717) is 5.91 Å². The van der Waals surface area contributed by atoms with E-state index >= 15 is 0 Å². The van der Waals surface area contributed by atoms with E-state index < -0.39 is 0 Å². The molecule has 2 heterocycles. The molecule has 2 aromatic rings. The number of amides is 1. The first-order chi connectivity index (χ1) is 11.8. The van der Waals surface area contributed by atoms with Crippen molar-refractivity contribution >= 4 is 24.0 Å². The van der Waals surface area contributed by atoms with Crippen molar-refractivity contribution in [1.29, 1.82) is 0 Å². The SMILES string of the molecule is Cl.O=C1N(c2ccccc2)CCC12CCCN(Cc1ccccc1)C2. The van der Waals surface area contributed by atoms with E-state index in [9.17, 15) is 4.79 Å². The van der Waals surface area contributed by atoms with Crippen LogP contribution in [0.2, 0.25) is 0 Å². The highest BCUT2D eigenvalue weighted by molar-refractivity contribution is 6.00. The monoisotopic (exact) mass is 356 g/mol. The van der Waals surface area contributed by atoms with E-state index in [2.05, 4.69) is 35.2 Å². The van der Waals surface area contributed by atoms with E-state index in [-0.39, 0.29) is 17.8 Å². The second kappa shape index (κ2) is 7.59. The van der Waals surface area contributed by atoms with Crippen LogP contribution in [-0.4, -0.2) is 30.4 Å². The normalized spacial score (nSPS) is 23.7. The van der Waals surface area contributed by atoms with Gasteiger partial charge in [-0.3, -0.25) is 9.69 Å². The number of hydrogen-bond acceptors (Lipinski definition) is 2. The lowest BCUT2D eigenvalue weighted by Crippen LogP contribution is -2.47. The van der Waals surface area contributed by atoms with Gasteiger partial charge in [0.1, 0.15) is 0 Å². The number of nitrogens with zero attached hydrogens (tertiary/aromatic N) is 2. The second-order valence-corrected chi connectivity index (χ2v) is 7.12. The summed E-state index contributed by atoms with van der Waals surface area (Å²) < 4.78 is 0. The van der Waals surface area contributed by atoms with Gasteiger partial charge in [0.25, 0.3) is 0 Å². The number of para-hydroxylation sites is 1. The summed E-state index contributed by atoms with van der Waals surface area (Å²) in [5, 5.41) is 0. The molecule has 0 bridgehead atoms. The number of carbonyl (C=O) groups is 1. The van der Waals surface area contributed by atoms with Crippen molar-refractivity contribution in [1.82, 2.24) is 4.90 Å². The predicted octanol–water partition coefficient (Wildman–Crippen LogP) is 4.13. The Hall–Kier alpha value is -1.84. The molecule has 1 amide bonds. The smallest absolute Gasteiger partial charge is 0.234 e. The molecule has 2 fully saturated rings. The zero-order chi connectivity index (χ0) is 16.4. The van der Waals surface area contributed by atoms with Gasteiger partial charge in [-0.15, -0.1) is 12.4 Å². The van der Waals surface area contributed by atoms with Gasteiger partial charge >= 0.3 is 0 Å². The lowest BCUT2D eigenvalue weighted by molar-refractivity contribution is -0.128. The Kier molecular flexibility index (Phi) is 5.45. The average molecular weight is 357 g/mol. The van der Waals surface area contributed by atoms with Crippen molar-refractivity contribution in [3.05, 3.63) is 66.2 Å². The Morgan fingerprint density at radius 1 is 0.880 bits per heavy atom. The number of likely N-dealkylation sites (tertiary alicyclic amines) is 1. The Bertz CT molecular complexity index is 706. The molecule has 0 aromatic heterocycles. The molecule has 0 N–H and O–H groups in total. The summed E-state index contributed by atoms with van der Waals surface area (Å²) in [6.45, 7) is 3.78. The van der Waals surface area contributed by atoms with Crippen LogP contribution in [0.25, 0.3) is 0 Å². The van der Waals surface area contributed by atoms with Crippen LogP contribution in [0.3, 0.4) is 0 Å². The van der Waals surface area contributed by atoms with Crippen LogP contribution in [0.4, 0.5) is 5.69 Å². The first kappa shape index (κ1) is 18.0. The van der Waals surface area contributed by atoms with Gasteiger partial charge in [0.15, 0.2) is 0 Å². The molecule has 1 atom stereocenters. The molecule has 0 radical (unpaired) electrons. The maximum atomic E-state index is 13.2. The molecule has 2 aromatic carbocycles. The summed E-state index contributed by atoms with van der Waals surface area (Å²) in [6, 6.07) is 20.7. The fraction of sp³-hybridized carbons (Fsp3) is 0.381. The molecule has 132 valence electrons. The van der Waals surface area contributed by atoms with Gasteiger partial charge < -0.3 is 4.90 Å². The van der Waals surface area contributed by atoms with Crippen LogP contribution in [0, 0.1) is 5.41 Å². The summed E-state index contributed by atoms with van der Waals surface area (Å²) >= 11 is 0. The van der Waals surface area contributed by atoms with E-state index in [0.717, 1.165) is 51.1 Å². The van der Waals surface area contributed by atoms with E-state index in [1.165, 1.54) is 5.56 Å². The largest absolute Gasteiger partial charge is 0.312 e. The third-order valence-electron chi connectivity index (χ3n) is 5.49. The average Bonchev–Trinajstić information content (AvgIpc) is 2.93. The molecular weight excluding hydrogens is 332 g/mol. The van der Waals surface area contributed by atoms with Crippen LogP contribution in [0.5, 0.6) is 0 Å². The Morgan fingerprint density at radius 3 is 2.28 bits per heavy atom. The summed E-state index contributed by atoms with van der Waals surface area (Å²) in [6.07, 6.45) is 3.12. The van der Waals surface area contributed by atoms with Crippen molar-refractivity contribution in [2.24, 2.45) is 5.41 Å². The van der Waals surface area contributed by atoms with E-state index in [1.54, 1.807) is 0 Å². The molecule has 25 heavy (non-hydrogen) atoms. The third kappa shape index (κ3) is 3.58. The summed E-state index contributed by atoms with van der Waals surface area (Å²) in [4.78, 5) is 17.6. The number of benzene rings is 2. The molecule has 4 rings (SSSR count). The van der Waals surface area contributed by atoms with Crippen LogP contribution in [-0.2, 0) is 11.3 Å². The first-order valence-electron chi connectivity index (χ1n) is 8.90. The quantitative estimate of drug-likeness (QED) is 0.825. The molecule has 4 heteroatoms. The fourth-order valence-corrected chi connectivity index (χ4v) is 4.26. The molecule has 0 aliphatic carbocycles. The number of hydrogen-bond donors (Lipinski definition) is 0. The number of rotatable bonds is 3. The number of anilines is 1. The van der Waals surface area contributed by atoms with Crippen LogP contribution >= 0.6 is 12.4 Å². The zero-order valence-corrected chi connectivity index (χ0v) is 15.3. The van der Waals surface area contributed by atoms with Crippen molar-refractivity contribution in [3.63, 3.8) is 0 Å². The molecule has 1 unspecified atom stereocenters. The second-order valence-electron chi connectivity index (χ2n) is 7.12. The van der Waals surface area contributed by atoms with Crippen LogP contribution in [0.1, 0.15) is 24.8 Å². The maximum absolute atomic E-state index is 13.2. The molecule has 3 nitrogen and oxygen atoms in total. The molecule has 0 saturated carbocycles. The minimum Gasteiger partial charge on any atom is -0.312 e. The van der Waals surface area contributed by atoms with Gasteiger partial charge in [-0.25, -0.2) is 0 Å². The third-order valence-corrected chi connectivity index (χ3v) is 5.49. The van der Waals surface area contributed by atoms with Gasteiger partial charge in [0, 0.05) is 25.3 Å². The van der Waals surface area contributed by atoms with E-state index in [4.69, 9.17) is 0 Å². The highest BCUT2D eigenvalue weighted by Gasteiger charge is 2.49. The highest BCUT2D eigenvalue weighted by atomic mass is 35.5. The minimum atomic E-state index is -0.178. The Labute approximate surface area is 156 Å². The Morgan fingerprint density at radius 2 is 1.56 bits per heavy atom. The highest BCUT2D eigenvalue weighted by Crippen LogP contribution is 2.42. The predicted molar refractivity (Wildman–Crippen MR) is 104 cm³/mol. The molecule has 2 aliphatic rings. The Balaban J connectivity index is 0.00000182. The number of halogens is 1. The van der Waals surface area contributed by atoms with Crippen molar-refractivity contribution in [2.75, 3.05) is 24.5 Å². The number of piperidine rings is 1. The molecule has 1 spiro atoms. The standard InChI is InChI=1S/C21H24N2O.ClH/c24-20-21(13-15-23(20)19-10-5-2-6-11-19)12-7-14-22(17-21)16-18-8-3-1-4-9-18;/h1-6,8-11H,7,12-17H2;1H. The van der Waals surface area contributed by atoms with Gasteiger partial charge in [0.2, 0.25) is 5.91 Å². The summed E-state index contributed by atoms with van der Waals surface area (Å²) in [7, 11) is 0. The van der Waals surface area contributed by atoms with Gasteiger partial charge in [-0.2, -0.15) is 0 Å². The fourth-order valence-electron chi connectivity index (χ4n) is 4.26. The summed E-state index contributed by atoms with van der Waals surface area (Å²) in [5.41, 5.74) is 2.20. The van der Waals surface area contributed by atoms with Crippen molar-refractivity contribution in [2.45, 2.75) is 25.8 Å². The van der Waals surface area contributed by atoms with Gasteiger partial charge in [-0.05, 0) is 43.5 Å². The molecule has 2 aliphatic heterocycles. The van der Waals surface area contributed by atoms with Crippen LogP contribution in [0.15, 0.2) is 60.7 Å².